The van der Waals surface area contributed by atoms with Crippen LogP contribution in [0.5, 0.6) is 11.5 Å². The van der Waals surface area contributed by atoms with Crippen molar-refractivity contribution in [3.05, 3.63) is 83.7 Å². The predicted molar refractivity (Wildman–Crippen MR) is 131 cm³/mol. The van der Waals surface area contributed by atoms with Crippen molar-refractivity contribution in [2.45, 2.75) is 44.4 Å². The zero-order chi connectivity index (χ0) is 23.9. The number of carboxylic acid groups (broad SMARTS) is 1. The van der Waals surface area contributed by atoms with Gasteiger partial charge in [0.05, 0.1) is 20.1 Å². The molecule has 1 fully saturated rings. The molecule has 1 N–H and O–H groups in total. The molecule has 178 valence electrons. The SMILES string of the molecule is COc1ccc(F)c(-c2ccccc2)c1.O=C(O)CC(c1ccc2c(c1)OCCC2)C1CCC1. The number of hydrogen-bond acceptors (Lipinski definition) is 3. The van der Waals surface area contributed by atoms with Gasteiger partial charge in [0.15, 0.2) is 0 Å². The number of fused-ring (bicyclic) bond motifs is 1. The summed E-state index contributed by atoms with van der Waals surface area (Å²) in [4.78, 5) is 11.1. The van der Waals surface area contributed by atoms with Crippen LogP contribution in [-0.2, 0) is 11.2 Å². The fraction of sp³-hybridized carbons (Fsp3) is 0.345. The molecule has 4 nitrogen and oxygen atoms in total. The first kappa shape index (κ1) is 23.8. The highest BCUT2D eigenvalue weighted by molar-refractivity contribution is 5.68. The molecular weight excluding hydrogens is 431 g/mol. The summed E-state index contributed by atoms with van der Waals surface area (Å²) in [7, 11) is 1.57. The summed E-state index contributed by atoms with van der Waals surface area (Å²) in [6.07, 6.45) is 5.95. The van der Waals surface area contributed by atoms with Crippen molar-refractivity contribution in [2.75, 3.05) is 13.7 Å². The van der Waals surface area contributed by atoms with Crippen molar-refractivity contribution >= 4 is 5.97 Å². The maximum Gasteiger partial charge on any atom is 0.303 e. The number of benzene rings is 3. The number of aryl methyl sites for hydroxylation is 1. The summed E-state index contributed by atoms with van der Waals surface area (Å²) in [6.45, 7) is 0.781. The minimum absolute atomic E-state index is 0.155. The third-order valence-corrected chi connectivity index (χ3v) is 6.74. The molecular formula is C29H31FO4. The van der Waals surface area contributed by atoms with Crippen LogP contribution in [0.15, 0.2) is 66.7 Å². The summed E-state index contributed by atoms with van der Waals surface area (Å²) in [5, 5.41) is 9.12. The normalized spacial score (nSPS) is 15.6. The summed E-state index contributed by atoms with van der Waals surface area (Å²) in [6, 6.07) is 20.5. The van der Waals surface area contributed by atoms with Crippen LogP contribution in [0.1, 0.15) is 49.1 Å². The Bertz CT molecular complexity index is 1110. The van der Waals surface area contributed by atoms with Gasteiger partial charge in [-0.3, -0.25) is 4.79 Å². The number of rotatable bonds is 6. The van der Waals surface area contributed by atoms with E-state index in [1.165, 1.54) is 18.1 Å². The molecule has 0 saturated heterocycles. The van der Waals surface area contributed by atoms with Crippen LogP contribution >= 0.6 is 0 Å². The molecule has 0 radical (unpaired) electrons. The number of halogens is 1. The quantitative estimate of drug-likeness (QED) is 0.434. The topological polar surface area (TPSA) is 55.8 Å². The van der Waals surface area contributed by atoms with Crippen molar-refractivity contribution in [1.29, 1.82) is 0 Å². The highest BCUT2D eigenvalue weighted by Crippen LogP contribution is 2.42. The lowest BCUT2D eigenvalue weighted by atomic mass is 9.71. The Morgan fingerprint density at radius 1 is 1.09 bits per heavy atom. The van der Waals surface area contributed by atoms with Gasteiger partial charge in [-0.25, -0.2) is 4.39 Å². The van der Waals surface area contributed by atoms with Gasteiger partial charge < -0.3 is 14.6 Å². The van der Waals surface area contributed by atoms with Crippen molar-refractivity contribution in [3.8, 4) is 22.6 Å². The number of carbonyl (C=O) groups is 1. The highest BCUT2D eigenvalue weighted by atomic mass is 19.1. The minimum Gasteiger partial charge on any atom is -0.497 e. The van der Waals surface area contributed by atoms with E-state index in [0.717, 1.165) is 49.2 Å². The Morgan fingerprint density at radius 2 is 1.88 bits per heavy atom. The fourth-order valence-corrected chi connectivity index (χ4v) is 4.64. The Hall–Kier alpha value is -3.34. The fourth-order valence-electron chi connectivity index (χ4n) is 4.64. The molecule has 1 saturated carbocycles. The van der Waals surface area contributed by atoms with Crippen molar-refractivity contribution < 1.29 is 23.8 Å². The molecule has 34 heavy (non-hydrogen) atoms. The number of ether oxygens (including phenoxy) is 2. The molecule has 1 aliphatic carbocycles. The monoisotopic (exact) mass is 462 g/mol. The van der Waals surface area contributed by atoms with Crippen LogP contribution in [-0.4, -0.2) is 24.8 Å². The van der Waals surface area contributed by atoms with E-state index in [9.17, 15) is 9.18 Å². The smallest absolute Gasteiger partial charge is 0.303 e. The summed E-state index contributed by atoms with van der Waals surface area (Å²) >= 11 is 0. The molecule has 0 spiro atoms. The Kier molecular flexibility index (Phi) is 7.84. The molecule has 1 atom stereocenters. The van der Waals surface area contributed by atoms with Gasteiger partial charge in [-0.1, -0.05) is 48.9 Å². The van der Waals surface area contributed by atoms with Crippen LogP contribution in [0.4, 0.5) is 4.39 Å². The maximum absolute atomic E-state index is 13.5. The summed E-state index contributed by atoms with van der Waals surface area (Å²) in [5.41, 5.74) is 3.83. The zero-order valence-corrected chi connectivity index (χ0v) is 19.5. The second-order valence-corrected chi connectivity index (χ2v) is 8.93. The van der Waals surface area contributed by atoms with E-state index in [-0.39, 0.29) is 18.2 Å². The van der Waals surface area contributed by atoms with Gasteiger partial charge in [0, 0.05) is 5.56 Å². The first-order valence-corrected chi connectivity index (χ1v) is 11.9. The predicted octanol–water partition coefficient (Wildman–Crippen LogP) is 6.87. The average molecular weight is 463 g/mol. The molecule has 5 heteroatoms. The molecule has 1 unspecified atom stereocenters. The molecule has 0 aromatic heterocycles. The number of carboxylic acids is 1. The second-order valence-electron chi connectivity index (χ2n) is 8.93. The molecule has 5 rings (SSSR count). The second kappa shape index (κ2) is 11.2. The Labute approximate surface area is 200 Å². The molecule has 3 aromatic rings. The third kappa shape index (κ3) is 5.77. The molecule has 0 bridgehead atoms. The Balaban J connectivity index is 0.000000166. The van der Waals surface area contributed by atoms with Gasteiger partial charge in [-0.15, -0.1) is 0 Å². The minimum atomic E-state index is -0.699. The average Bonchev–Trinajstić information content (AvgIpc) is 2.83. The first-order valence-electron chi connectivity index (χ1n) is 11.9. The molecule has 1 heterocycles. The van der Waals surface area contributed by atoms with E-state index in [1.807, 2.05) is 30.3 Å². The van der Waals surface area contributed by atoms with E-state index in [2.05, 4.69) is 18.2 Å². The van der Waals surface area contributed by atoms with Gasteiger partial charge >= 0.3 is 5.97 Å². The van der Waals surface area contributed by atoms with Crippen LogP contribution < -0.4 is 9.47 Å². The highest BCUT2D eigenvalue weighted by Gasteiger charge is 2.30. The van der Waals surface area contributed by atoms with E-state index in [1.54, 1.807) is 19.2 Å². The standard InChI is InChI=1S/C16H20O3.C13H11FO/c17-16(18)10-14(11-3-1-4-11)13-7-6-12-5-2-8-19-15(12)9-13;1-15-11-7-8-13(14)12(9-11)10-5-3-2-4-6-10/h6-7,9,11,14H,1-5,8,10H2,(H,17,18);2-9H,1H3. The summed E-state index contributed by atoms with van der Waals surface area (Å²) < 4.78 is 24.3. The van der Waals surface area contributed by atoms with Gasteiger partial charge in [0.2, 0.25) is 0 Å². The van der Waals surface area contributed by atoms with Gasteiger partial charge in [0.25, 0.3) is 0 Å². The first-order chi connectivity index (χ1) is 16.5. The van der Waals surface area contributed by atoms with Crippen molar-refractivity contribution in [3.63, 3.8) is 0 Å². The van der Waals surface area contributed by atoms with Crippen LogP contribution in [0.2, 0.25) is 0 Å². The van der Waals surface area contributed by atoms with Crippen LogP contribution in [0.25, 0.3) is 11.1 Å². The van der Waals surface area contributed by atoms with Gasteiger partial charge in [-0.05, 0) is 78.5 Å². The lowest BCUT2D eigenvalue weighted by Crippen LogP contribution is -2.23. The molecule has 1 aliphatic heterocycles. The van der Waals surface area contributed by atoms with E-state index in [0.29, 0.717) is 17.2 Å². The largest absolute Gasteiger partial charge is 0.497 e. The van der Waals surface area contributed by atoms with E-state index < -0.39 is 5.97 Å². The molecule has 2 aliphatic rings. The Morgan fingerprint density at radius 3 is 2.56 bits per heavy atom. The maximum atomic E-state index is 13.5. The summed E-state index contributed by atoms with van der Waals surface area (Å²) in [5.74, 6) is 1.39. The van der Waals surface area contributed by atoms with Crippen molar-refractivity contribution in [1.82, 2.24) is 0 Å². The van der Waals surface area contributed by atoms with Crippen LogP contribution in [0, 0.1) is 11.7 Å². The lowest BCUT2D eigenvalue weighted by molar-refractivity contribution is -0.138. The van der Waals surface area contributed by atoms with Crippen LogP contribution in [0.3, 0.4) is 0 Å². The van der Waals surface area contributed by atoms with Crippen molar-refractivity contribution in [2.24, 2.45) is 5.92 Å². The number of methoxy groups -OCH3 is 1. The van der Waals surface area contributed by atoms with Gasteiger partial charge in [0.1, 0.15) is 17.3 Å². The van der Waals surface area contributed by atoms with E-state index in [4.69, 9.17) is 14.6 Å². The lowest BCUT2D eigenvalue weighted by Gasteiger charge is -2.34. The molecule has 3 aromatic carbocycles. The van der Waals surface area contributed by atoms with E-state index >= 15 is 0 Å². The third-order valence-electron chi connectivity index (χ3n) is 6.74. The number of hydrogen-bond donors (Lipinski definition) is 1. The number of aliphatic carboxylic acids is 1. The molecule has 0 amide bonds. The van der Waals surface area contributed by atoms with Gasteiger partial charge in [-0.2, -0.15) is 0 Å². The zero-order valence-electron chi connectivity index (χ0n) is 19.5.